The molecule has 3 nitrogen and oxygen atoms in total. The van der Waals surface area contributed by atoms with Gasteiger partial charge in [0.05, 0.1) is 15.8 Å². The molecule has 0 aromatic heterocycles. The van der Waals surface area contributed by atoms with Gasteiger partial charge in [0.2, 0.25) is 0 Å². The maximum atomic E-state index is 13.1. The number of anilines is 2. The van der Waals surface area contributed by atoms with Crippen LogP contribution < -0.4 is 11.1 Å². The van der Waals surface area contributed by atoms with Gasteiger partial charge in [-0.1, -0.05) is 0 Å². The van der Waals surface area contributed by atoms with Crippen molar-refractivity contribution in [1.29, 1.82) is 0 Å². The molecule has 5 heteroatoms. The van der Waals surface area contributed by atoms with Crippen LogP contribution in [0.2, 0.25) is 0 Å². The zero-order valence-corrected chi connectivity index (χ0v) is 11.8. The predicted octanol–water partition coefficient (Wildman–Crippen LogP) is 2.92. The van der Waals surface area contributed by atoms with E-state index in [-0.39, 0.29) is 5.82 Å². The molecule has 0 amide bonds. The maximum Gasteiger partial charge on any atom is 0.139 e. The van der Waals surface area contributed by atoms with Gasteiger partial charge in [0.1, 0.15) is 5.82 Å². The van der Waals surface area contributed by atoms with E-state index in [4.69, 9.17) is 5.73 Å². The fourth-order valence-electron chi connectivity index (χ4n) is 1.49. The summed E-state index contributed by atoms with van der Waals surface area (Å²) in [6.07, 6.45) is 2.19. The summed E-state index contributed by atoms with van der Waals surface area (Å²) in [4.78, 5) is 2.16. The lowest BCUT2D eigenvalue weighted by atomic mass is 10.2. The number of nitrogens with two attached hydrogens (primary N) is 1. The Balaban J connectivity index is 2.39. The summed E-state index contributed by atoms with van der Waals surface area (Å²) in [6.45, 7) is 1.92. The molecule has 0 radical (unpaired) electrons. The van der Waals surface area contributed by atoms with Gasteiger partial charge < -0.3 is 16.0 Å². The molecular formula is C12H19BrFN3. The summed E-state index contributed by atoms with van der Waals surface area (Å²) in [6, 6.07) is 3.00. The van der Waals surface area contributed by atoms with Gasteiger partial charge >= 0.3 is 0 Å². The molecule has 0 bridgehead atoms. The molecule has 1 rings (SSSR count). The molecular weight excluding hydrogens is 285 g/mol. The minimum Gasteiger partial charge on any atom is -0.397 e. The normalized spacial score (nSPS) is 10.9. The molecule has 0 unspecified atom stereocenters. The average molecular weight is 304 g/mol. The monoisotopic (exact) mass is 303 g/mol. The summed E-state index contributed by atoms with van der Waals surface area (Å²) in [7, 11) is 4.12. The number of hydrogen-bond acceptors (Lipinski definition) is 3. The Morgan fingerprint density at radius 2 is 2.06 bits per heavy atom. The zero-order chi connectivity index (χ0) is 12.8. The van der Waals surface area contributed by atoms with E-state index in [1.807, 2.05) is 0 Å². The SMILES string of the molecule is CN(C)CCCCNc1cc(Br)c(F)cc1N. The van der Waals surface area contributed by atoms with E-state index in [1.54, 1.807) is 6.07 Å². The number of nitrogens with zero attached hydrogens (tertiary/aromatic N) is 1. The summed E-state index contributed by atoms with van der Waals surface area (Å²) >= 11 is 3.14. The molecule has 0 aliphatic heterocycles. The van der Waals surface area contributed by atoms with Gasteiger partial charge in [-0.25, -0.2) is 4.39 Å². The Kier molecular flexibility index (Phi) is 5.71. The Labute approximate surface area is 110 Å². The fraction of sp³-hybridized carbons (Fsp3) is 0.500. The van der Waals surface area contributed by atoms with Crippen molar-refractivity contribution in [1.82, 2.24) is 4.90 Å². The van der Waals surface area contributed by atoms with Crippen LogP contribution in [-0.2, 0) is 0 Å². The predicted molar refractivity (Wildman–Crippen MR) is 74.8 cm³/mol. The molecule has 0 aliphatic rings. The Hall–Kier alpha value is -0.810. The first-order chi connectivity index (χ1) is 8.00. The van der Waals surface area contributed by atoms with Crippen LogP contribution in [0.5, 0.6) is 0 Å². The first-order valence-electron chi connectivity index (χ1n) is 5.64. The summed E-state index contributed by atoms with van der Waals surface area (Å²) in [5.74, 6) is -0.333. The largest absolute Gasteiger partial charge is 0.397 e. The molecule has 0 saturated carbocycles. The lowest BCUT2D eigenvalue weighted by Gasteiger charge is -2.12. The lowest BCUT2D eigenvalue weighted by Crippen LogP contribution is -2.14. The fourth-order valence-corrected chi connectivity index (χ4v) is 1.83. The highest BCUT2D eigenvalue weighted by molar-refractivity contribution is 9.10. The maximum absolute atomic E-state index is 13.1. The molecule has 96 valence electrons. The van der Waals surface area contributed by atoms with Gasteiger partial charge in [-0.2, -0.15) is 0 Å². The molecule has 0 atom stereocenters. The van der Waals surface area contributed by atoms with Gasteiger partial charge in [-0.3, -0.25) is 0 Å². The van der Waals surface area contributed by atoms with Crippen molar-refractivity contribution in [3.8, 4) is 0 Å². The van der Waals surface area contributed by atoms with Gasteiger partial charge in [0.25, 0.3) is 0 Å². The quantitative estimate of drug-likeness (QED) is 0.627. The van der Waals surface area contributed by atoms with Crippen LogP contribution in [0, 0.1) is 5.82 Å². The van der Waals surface area contributed by atoms with Crippen LogP contribution in [-0.4, -0.2) is 32.1 Å². The number of hydrogen-bond donors (Lipinski definition) is 2. The van der Waals surface area contributed by atoms with Crippen LogP contribution in [0.4, 0.5) is 15.8 Å². The highest BCUT2D eigenvalue weighted by atomic mass is 79.9. The molecule has 1 aromatic carbocycles. The lowest BCUT2D eigenvalue weighted by molar-refractivity contribution is 0.396. The van der Waals surface area contributed by atoms with Gasteiger partial charge in [0, 0.05) is 12.6 Å². The molecule has 0 saturated heterocycles. The topological polar surface area (TPSA) is 41.3 Å². The van der Waals surface area contributed by atoms with Crippen molar-refractivity contribution in [3.63, 3.8) is 0 Å². The van der Waals surface area contributed by atoms with Gasteiger partial charge in [0.15, 0.2) is 0 Å². The summed E-state index contributed by atoms with van der Waals surface area (Å²) in [5, 5.41) is 3.21. The second kappa shape index (κ2) is 6.81. The Bertz CT molecular complexity index is 369. The number of nitrogens with one attached hydrogen (secondary N) is 1. The second-order valence-corrected chi connectivity index (χ2v) is 5.15. The Morgan fingerprint density at radius 3 is 2.71 bits per heavy atom. The van der Waals surface area contributed by atoms with Crippen LogP contribution >= 0.6 is 15.9 Å². The highest BCUT2D eigenvalue weighted by Gasteiger charge is 2.05. The van der Waals surface area contributed by atoms with Crippen molar-refractivity contribution >= 4 is 27.3 Å². The molecule has 3 N–H and O–H groups in total. The minimum absolute atomic E-state index is 0.333. The van der Waals surface area contributed by atoms with Crippen LogP contribution in [0.15, 0.2) is 16.6 Å². The van der Waals surface area contributed by atoms with E-state index in [0.717, 1.165) is 31.6 Å². The number of unbranched alkanes of at least 4 members (excludes halogenated alkanes) is 1. The molecule has 0 aliphatic carbocycles. The van der Waals surface area contributed by atoms with Crippen molar-refractivity contribution in [2.24, 2.45) is 0 Å². The standard InChI is InChI=1S/C12H19BrFN3/c1-17(2)6-4-3-5-16-12-7-9(13)10(14)8-11(12)15/h7-8,16H,3-6,15H2,1-2H3. The third-order valence-corrected chi connectivity index (χ3v) is 3.05. The summed E-state index contributed by atoms with van der Waals surface area (Å²) in [5.41, 5.74) is 6.95. The van der Waals surface area contributed by atoms with E-state index >= 15 is 0 Å². The second-order valence-electron chi connectivity index (χ2n) is 4.29. The molecule has 1 aromatic rings. The zero-order valence-electron chi connectivity index (χ0n) is 10.3. The van der Waals surface area contributed by atoms with E-state index < -0.39 is 0 Å². The Morgan fingerprint density at radius 1 is 1.35 bits per heavy atom. The number of halogens is 2. The van der Waals surface area contributed by atoms with Crippen LogP contribution in [0.1, 0.15) is 12.8 Å². The highest BCUT2D eigenvalue weighted by Crippen LogP contribution is 2.26. The first-order valence-corrected chi connectivity index (χ1v) is 6.43. The molecule has 0 spiro atoms. The molecule has 0 fully saturated rings. The van der Waals surface area contributed by atoms with Crippen LogP contribution in [0.25, 0.3) is 0 Å². The van der Waals surface area contributed by atoms with E-state index in [1.165, 1.54) is 6.07 Å². The third kappa shape index (κ3) is 4.91. The van der Waals surface area contributed by atoms with Crippen molar-refractivity contribution in [3.05, 3.63) is 22.4 Å². The average Bonchev–Trinajstić information content (AvgIpc) is 2.24. The smallest absolute Gasteiger partial charge is 0.139 e. The number of nitrogen functional groups attached to an aromatic ring is 1. The van der Waals surface area contributed by atoms with E-state index in [2.05, 4.69) is 40.2 Å². The van der Waals surface area contributed by atoms with E-state index in [0.29, 0.717) is 10.2 Å². The van der Waals surface area contributed by atoms with Gasteiger partial charge in [-0.05, 0) is 55.5 Å². The number of rotatable bonds is 6. The molecule has 17 heavy (non-hydrogen) atoms. The first kappa shape index (κ1) is 14.3. The van der Waals surface area contributed by atoms with Gasteiger partial charge in [-0.15, -0.1) is 0 Å². The number of benzene rings is 1. The van der Waals surface area contributed by atoms with Crippen molar-refractivity contribution < 1.29 is 4.39 Å². The third-order valence-electron chi connectivity index (χ3n) is 2.44. The van der Waals surface area contributed by atoms with Crippen molar-refractivity contribution in [2.45, 2.75) is 12.8 Å². The minimum atomic E-state index is -0.333. The van der Waals surface area contributed by atoms with Crippen LogP contribution in [0.3, 0.4) is 0 Å². The van der Waals surface area contributed by atoms with Crippen molar-refractivity contribution in [2.75, 3.05) is 38.2 Å². The van der Waals surface area contributed by atoms with E-state index in [9.17, 15) is 4.39 Å². The molecule has 0 heterocycles. The summed E-state index contributed by atoms with van der Waals surface area (Å²) < 4.78 is 13.6.